The number of rotatable bonds is 2. The van der Waals surface area contributed by atoms with E-state index in [9.17, 15) is 4.79 Å². The van der Waals surface area contributed by atoms with Gasteiger partial charge in [-0.3, -0.25) is 4.79 Å². The third kappa shape index (κ3) is 3.18. The number of nitrogens with zero attached hydrogens (tertiary/aromatic N) is 5. The van der Waals surface area contributed by atoms with Crippen molar-refractivity contribution in [3.63, 3.8) is 0 Å². The Hall–Kier alpha value is -2.22. The summed E-state index contributed by atoms with van der Waals surface area (Å²) in [6.07, 6.45) is 5.11. The zero-order chi connectivity index (χ0) is 17.4. The van der Waals surface area contributed by atoms with E-state index in [2.05, 4.69) is 24.8 Å². The van der Waals surface area contributed by atoms with Crippen molar-refractivity contribution in [2.24, 2.45) is 5.92 Å². The number of aromatic amines is 1. The molecule has 0 radical (unpaired) electrons. The van der Waals surface area contributed by atoms with Crippen molar-refractivity contribution in [3.8, 4) is 0 Å². The van der Waals surface area contributed by atoms with E-state index in [1.54, 1.807) is 12.7 Å². The van der Waals surface area contributed by atoms with Gasteiger partial charge >= 0.3 is 0 Å². The molecule has 8 heteroatoms. The Bertz CT molecular complexity index is 744. The third-order valence-corrected chi connectivity index (χ3v) is 5.08. The molecule has 134 valence electrons. The van der Waals surface area contributed by atoms with Crippen molar-refractivity contribution in [1.29, 1.82) is 0 Å². The Morgan fingerprint density at radius 2 is 1.88 bits per heavy atom. The van der Waals surface area contributed by atoms with E-state index in [1.807, 2.05) is 18.7 Å². The summed E-state index contributed by atoms with van der Waals surface area (Å²) in [5.74, 6) is 1.24. The largest absolute Gasteiger partial charge is 0.372 e. The van der Waals surface area contributed by atoms with E-state index in [1.165, 1.54) is 0 Å². The van der Waals surface area contributed by atoms with E-state index < -0.39 is 0 Å². The monoisotopic (exact) mass is 344 g/mol. The van der Waals surface area contributed by atoms with Gasteiger partial charge in [-0.25, -0.2) is 15.0 Å². The Morgan fingerprint density at radius 3 is 2.60 bits per heavy atom. The van der Waals surface area contributed by atoms with Crippen molar-refractivity contribution in [2.45, 2.75) is 38.9 Å². The molecule has 0 spiro atoms. The fraction of sp³-hybridized carbons (Fsp3) is 0.647. The van der Waals surface area contributed by atoms with Crippen LogP contribution in [0.15, 0.2) is 12.7 Å². The number of imidazole rings is 1. The highest BCUT2D eigenvalue weighted by molar-refractivity contribution is 5.83. The summed E-state index contributed by atoms with van der Waals surface area (Å²) in [5, 5.41) is 0. The van der Waals surface area contributed by atoms with Gasteiger partial charge in [0.05, 0.1) is 18.5 Å². The first-order valence-electron chi connectivity index (χ1n) is 8.95. The lowest BCUT2D eigenvalue weighted by atomic mass is 9.94. The second-order valence-electron chi connectivity index (χ2n) is 7.06. The van der Waals surface area contributed by atoms with Gasteiger partial charge in [0.1, 0.15) is 11.8 Å². The smallest absolute Gasteiger partial charge is 0.225 e. The van der Waals surface area contributed by atoms with Gasteiger partial charge in [-0.2, -0.15) is 0 Å². The molecule has 0 aliphatic carbocycles. The Morgan fingerprint density at radius 1 is 1.16 bits per heavy atom. The summed E-state index contributed by atoms with van der Waals surface area (Å²) in [5.41, 5.74) is 1.54. The van der Waals surface area contributed by atoms with Gasteiger partial charge in [0, 0.05) is 32.1 Å². The molecule has 2 aromatic rings. The van der Waals surface area contributed by atoms with Crippen LogP contribution in [-0.2, 0) is 9.53 Å². The fourth-order valence-electron chi connectivity index (χ4n) is 3.95. The molecule has 4 heterocycles. The molecule has 2 atom stereocenters. The van der Waals surface area contributed by atoms with Crippen LogP contribution >= 0.6 is 0 Å². The maximum Gasteiger partial charge on any atom is 0.225 e. The molecule has 1 N–H and O–H groups in total. The molecule has 2 aliphatic heterocycles. The molecule has 25 heavy (non-hydrogen) atoms. The number of hydrogen-bond donors (Lipinski definition) is 1. The molecule has 2 aromatic heterocycles. The van der Waals surface area contributed by atoms with Gasteiger partial charge in [0.15, 0.2) is 11.5 Å². The van der Waals surface area contributed by atoms with Gasteiger partial charge in [0.25, 0.3) is 0 Å². The van der Waals surface area contributed by atoms with E-state index in [4.69, 9.17) is 4.74 Å². The number of fused-ring (bicyclic) bond motifs is 1. The van der Waals surface area contributed by atoms with Crippen LogP contribution in [0.5, 0.6) is 0 Å². The molecule has 0 unspecified atom stereocenters. The summed E-state index contributed by atoms with van der Waals surface area (Å²) >= 11 is 0. The maximum absolute atomic E-state index is 12.9. The highest BCUT2D eigenvalue weighted by atomic mass is 16.5. The number of carbonyl (C=O) groups excluding carboxylic acids is 1. The molecular weight excluding hydrogens is 320 g/mol. The van der Waals surface area contributed by atoms with Gasteiger partial charge in [-0.05, 0) is 26.7 Å². The first-order chi connectivity index (χ1) is 12.1. The molecule has 2 aliphatic rings. The van der Waals surface area contributed by atoms with E-state index >= 15 is 0 Å². The number of H-pyrrole nitrogens is 1. The molecular formula is C17H24N6O2. The number of nitrogens with one attached hydrogen (secondary N) is 1. The first kappa shape index (κ1) is 16.3. The van der Waals surface area contributed by atoms with E-state index in [0.29, 0.717) is 18.7 Å². The number of piperidine rings is 1. The van der Waals surface area contributed by atoms with Crippen molar-refractivity contribution in [2.75, 3.05) is 31.1 Å². The fourth-order valence-corrected chi connectivity index (χ4v) is 3.95. The normalized spacial score (nSPS) is 25.5. The maximum atomic E-state index is 12.9. The van der Waals surface area contributed by atoms with Crippen LogP contribution in [0.4, 0.5) is 5.82 Å². The van der Waals surface area contributed by atoms with Crippen LogP contribution in [-0.4, -0.2) is 69.1 Å². The van der Waals surface area contributed by atoms with Gasteiger partial charge in [0.2, 0.25) is 5.91 Å². The van der Waals surface area contributed by atoms with Crippen LogP contribution < -0.4 is 4.90 Å². The summed E-state index contributed by atoms with van der Waals surface area (Å²) in [6.45, 7) is 7.09. The average Bonchev–Trinajstić information content (AvgIpc) is 3.09. The number of ether oxygens (including phenoxy) is 1. The molecule has 0 bridgehead atoms. The SMILES string of the molecule is C[C@@H]1CN(C(=O)C2CCN(c3ncnc4nc[nH]c34)CC2)C[C@@H](C)O1. The lowest BCUT2D eigenvalue weighted by Crippen LogP contribution is -2.51. The van der Waals surface area contributed by atoms with E-state index in [0.717, 1.165) is 37.3 Å². The van der Waals surface area contributed by atoms with Crippen LogP contribution in [0.25, 0.3) is 11.2 Å². The lowest BCUT2D eigenvalue weighted by molar-refractivity contribution is -0.148. The highest BCUT2D eigenvalue weighted by Crippen LogP contribution is 2.27. The molecule has 2 saturated heterocycles. The topological polar surface area (TPSA) is 87.2 Å². The third-order valence-electron chi connectivity index (χ3n) is 5.08. The van der Waals surface area contributed by atoms with Crippen LogP contribution in [0.3, 0.4) is 0 Å². The van der Waals surface area contributed by atoms with Crippen molar-refractivity contribution in [1.82, 2.24) is 24.8 Å². The van der Waals surface area contributed by atoms with Gasteiger partial charge in [-0.1, -0.05) is 0 Å². The van der Waals surface area contributed by atoms with Crippen molar-refractivity contribution in [3.05, 3.63) is 12.7 Å². The zero-order valence-electron chi connectivity index (χ0n) is 14.7. The molecule has 0 saturated carbocycles. The van der Waals surface area contributed by atoms with Gasteiger partial charge in [-0.15, -0.1) is 0 Å². The average molecular weight is 344 g/mol. The second-order valence-corrected chi connectivity index (χ2v) is 7.06. The summed E-state index contributed by atoms with van der Waals surface area (Å²) < 4.78 is 5.74. The Labute approximate surface area is 146 Å². The lowest BCUT2D eigenvalue weighted by Gasteiger charge is -2.39. The van der Waals surface area contributed by atoms with Crippen LogP contribution in [0.2, 0.25) is 0 Å². The van der Waals surface area contributed by atoms with Crippen molar-refractivity contribution >= 4 is 22.9 Å². The predicted octanol–water partition coefficient (Wildman–Crippen LogP) is 1.21. The second kappa shape index (κ2) is 6.59. The Balaban J connectivity index is 1.41. The number of amides is 1. The minimum absolute atomic E-state index is 0.0906. The number of morpholine rings is 1. The van der Waals surface area contributed by atoms with Gasteiger partial charge < -0.3 is 19.5 Å². The quantitative estimate of drug-likeness (QED) is 0.881. The van der Waals surface area contributed by atoms with Crippen LogP contribution in [0, 0.1) is 5.92 Å². The number of carbonyl (C=O) groups is 1. The number of anilines is 1. The van der Waals surface area contributed by atoms with Crippen LogP contribution in [0.1, 0.15) is 26.7 Å². The molecule has 4 rings (SSSR count). The Kier molecular flexibility index (Phi) is 4.29. The van der Waals surface area contributed by atoms with Crippen molar-refractivity contribution < 1.29 is 9.53 Å². The summed E-state index contributed by atoms with van der Waals surface area (Å²) in [7, 11) is 0. The highest BCUT2D eigenvalue weighted by Gasteiger charge is 2.33. The zero-order valence-corrected chi connectivity index (χ0v) is 14.7. The molecule has 8 nitrogen and oxygen atoms in total. The standard InChI is InChI=1S/C17H24N6O2/c1-11-7-23(8-12(2)25-11)17(24)13-3-5-22(6-4-13)16-14-15(19-9-18-14)20-10-21-16/h9-13H,3-8H2,1-2H3,(H,18,19,20,21)/t11-,12-/m1/s1. The van der Waals surface area contributed by atoms with E-state index in [-0.39, 0.29) is 24.0 Å². The first-order valence-corrected chi connectivity index (χ1v) is 8.95. The number of hydrogen-bond acceptors (Lipinski definition) is 6. The number of aromatic nitrogens is 4. The summed E-state index contributed by atoms with van der Waals surface area (Å²) in [4.78, 5) is 32.9. The molecule has 0 aromatic carbocycles. The predicted molar refractivity (Wildman–Crippen MR) is 93.2 cm³/mol. The molecule has 2 fully saturated rings. The molecule has 1 amide bonds. The minimum atomic E-state index is 0.0906. The summed E-state index contributed by atoms with van der Waals surface area (Å²) in [6, 6.07) is 0. The minimum Gasteiger partial charge on any atom is -0.372 e.